The smallest absolute Gasteiger partial charge is 0.180 e. The lowest BCUT2D eigenvalue weighted by Gasteiger charge is -2.13. The second-order valence-electron chi connectivity index (χ2n) is 4.72. The number of hydrogen-bond donors (Lipinski definition) is 1. The van der Waals surface area contributed by atoms with Gasteiger partial charge in [-0.05, 0) is 32.1 Å². The van der Waals surface area contributed by atoms with E-state index in [-0.39, 0.29) is 0 Å². The fourth-order valence-corrected chi connectivity index (χ4v) is 2.45. The summed E-state index contributed by atoms with van der Waals surface area (Å²) in [5, 5.41) is 3.39. The average Bonchev–Trinajstić information content (AvgIpc) is 2.89. The number of rotatable bonds is 4. The van der Waals surface area contributed by atoms with E-state index in [1.54, 1.807) is 18.0 Å². The number of imidazole rings is 1. The van der Waals surface area contributed by atoms with Crippen LogP contribution in [-0.2, 0) is 0 Å². The van der Waals surface area contributed by atoms with Gasteiger partial charge in [0.1, 0.15) is 0 Å². The zero-order chi connectivity index (χ0) is 12.2. The Morgan fingerprint density at radius 3 is 2.89 bits per heavy atom. The molecule has 0 amide bonds. The highest BCUT2D eigenvalue weighted by Gasteiger charge is 2.05. The number of hydrogen-bond acceptors (Lipinski definition) is 3. The quantitative estimate of drug-likeness (QED) is 0.838. The highest BCUT2D eigenvalue weighted by atomic mass is 15.1. The van der Waals surface area contributed by atoms with Crippen LogP contribution < -0.4 is 5.32 Å². The molecule has 0 spiro atoms. The summed E-state index contributed by atoms with van der Waals surface area (Å²) in [5.41, 5.74) is 2.49. The topological polar surface area (TPSA) is 42.2 Å². The average molecular weight is 242 g/mol. The van der Waals surface area contributed by atoms with Crippen LogP contribution in [0.2, 0.25) is 0 Å². The fourth-order valence-electron chi connectivity index (χ4n) is 2.45. The maximum atomic E-state index is 4.35. The number of nitrogens with zero attached hydrogens (tertiary/aromatic N) is 3. The van der Waals surface area contributed by atoms with Gasteiger partial charge in [-0.25, -0.2) is 9.97 Å². The van der Waals surface area contributed by atoms with Crippen LogP contribution in [0.1, 0.15) is 32.1 Å². The number of fused-ring (bicyclic) bond motifs is 1. The Balaban J connectivity index is 1.62. The molecule has 2 aromatic heterocycles. The molecule has 1 N–H and O–H groups in total. The van der Waals surface area contributed by atoms with Crippen LogP contribution in [0.4, 0.5) is 5.82 Å². The first kappa shape index (κ1) is 11.3. The first-order chi connectivity index (χ1) is 8.93. The van der Waals surface area contributed by atoms with Crippen molar-refractivity contribution in [2.24, 2.45) is 0 Å². The van der Waals surface area contributed by atoms with Gasteiger partial charge in [-0.3, -0.25) is 0 Å². The Morgan fingerprint density at radius 1 is 1.17 bits per heavy atom. The van der Waals surface area contributed by atoms with Gasteiger partial charge in [-0.15, -0.1) is 0 Å². The summed E-state index contributed by atoms with van der Waals surface area (Å²) >= 11 is 0. The normalized spacial score (nSPS) is 15.7. The predicted molar refractivity (Wildman–Crippen MR) is 72.6 cm³/mol. The Morgan fingerprint density at radius 2 is 2.06 bits per heavy atom. The van der Waals surface area contributed by atoms with E-state index in [1.165, 1.54) is 25.7 Å². The van der Waals surface area contributed by atoms with E-state index in [2.05, 4.69) is 21.4 Å². The van der Waals surface area contributed by atoms with Crippen LogP contribution in [0.3, 0.4) is 0 Å². The molecule has 0 aliphatic heterocycles. The minimum absolute atomic E-state index is 0.874. The summed E-state index contributed by atoms with van der Waals surface area (Å²) in [7, 11) is 0. The van der Waals surface area contributed by atoms with E-state index in [0.717, 1.165) is 24.4 Å². The van der Waals surface area contributed by atoms with E-state index < -0.39 is 0 Å². The van der Waals surface area contributed by atoms with Gasteiger partial charge < -0.3 is 9.72 Å². The lowest BCUT2D eigenvalue weighted by molar-refractivity contribution is 0.679. The van der Waals surface area contributed by atoms with Gasteiger partial charge in [0.25, 0.3) is 0 Å². The molecule has 0 saturated carbocycles. The summed E-state index contributed by atoms with van der Waals surface area (Å²) in [6, 6.07) is 0. The molecule has 0 atom stereocenters. The molecule has 2 aromatic rings. The van der Waals surface area contributed by atoms with Crippen molar-refractivity contribution in [3.05, 3.63) is 36.4 Å². The van der Waals surface area contributed by atoms with Crippen molar-refractivity contribution in [2.75, 3.05) is 11.9 Å². The van der Waals surface area contributed by atoms with Crippen LogP contribution >= 0.6 is 0 Å². The molecule has 4 nitrogen and oxygen atoms in total. The van der Waals surface area contributed by atoms with Crippen LogP contribution in [0, 0.1) is 0 Å². The summed E-state index contributed by atoms with van der Waals surface area (Å²) in [6.45, 7) is 0.936. The molecule has 0 saturated heterocycles. The number of anilines is 1. The second-order valence-corrected chi connectivity index (χ2v) is 4.72. The zero-order valence-electron chi connectivity index (χ0n) is 10.5. The van der Waals surface area contributed by atoms with Crippen LogP contribution in [0.5, 0.6) is 0 Å². The monoisotopic (exact) mass is 242 g/mol. The zero-order valence-corrected chi connectivity index (χ0v) is 10.5. The molecule has 2 heterocycles. The predicted octanol–water partition coefficient (Wildman–Crippen LogP) is 3.03. The highest BCUT2D eigenvalue weighted by Crippen LogP contribution is 2.20. The number of allylic oxidation sites excluding steroid dienone is 1. The molecular formula is C14H18N4. The van der Waals surface area contributed by atoms with E-state index in [1.807, 2.05) is 16.8 Å². The SMILES string of the molecule is C1=C(CCNc2nccn3ccnc23)CCCC1. The standard InChI is InChI=1S/C14H18N4/c1-2-4-12(5-3-1)6-7-15-13-14-17-9-11-18(14)10-8-16-13/h4,8-11H,1-3,5-7H2,(H,15,16). The highest BCUT2D eigenvalue weighted by molar-refractivity contribution is 5.62. The van der Waals surface area contributed by atoms with Crippen molar-refractivity contribution < 1.29 is 0 Å². The summed E-state index contributed by atoms with van der Waals surface area (Å²) < 4.78 is 1.98. The summed E-state index contributed by atoms with van der Waals surface area (Å²) in [6.07, 6.45) is 16.2. The Bertz CT molecular complexity index is 556. The molecule has 0 aromatic carbocycles. The van der Waals surface area contributed by atoms with Gasteiger partial charge in [0.05, 0.1) is 0 Å². The molecule has 1 aliphatic rings. The molecular weight excluding hydrogens is 224 g/mol. The Labute approximate surface area is 107 Å². The second kappa shape index (κ2) is 5.21. The third-order valence-corrected chi connectivity index (χ3v) is 3.43. The van der Waals surface area contributed by atoms with Crippen molar-refractivity contribution in [2.45, 2.75) is 32.1 Å². The molecule has 0 fully saturated rings. The van der Waals surface area contributed by atoms with Gasteiger partial charge in [-0.1, -0.05) is 11.6 Å². The molecule has 18 heavy (non-hydrogen) atoms. The van der Waals surface area contributed by atoms with Gasteiger partial charge in [0, 0.05) is 31.3 Å². The van der Waals surface area contributed by atoms with Gasteiger partial charge in [0.15, 0.2) is 11.5 Å². The summed E-state index contributed by atoms with van der Waals surface area (Å²) in [4.78, 5) is 8.66. The van der Waals surface area contributed by atoms with Crippen LogP contribution in [0.25, 0.3) is 5.65 Å². The molecule has 0 bridgehead atoms. The third kappa shape index (κ3) is 2.37. The molecule has 0 unspecified atom stereocenters. The number of aromatic nitrogens is 3. The van der Waals surface area contributed by atoms with Crippen molar-refractivity contribution in [1.82, 2.24) is 14.4 Å². The molecule has 3 rings (SSSR count). The van der Waals surface area contributed by atoms with E-state index in [4.69, 9.17) is 0 Å². The van der Waals surface area contributed by atoms with E-state index in [9.17, 15) is 0 Å². The maximum Gasteiger partial charge on any atom is 0.180 e. The number of nitrogens with one attached hydrogen (secondary N) is 1. The maximum absolute atomic E-state index is 4.35. The van der Waals surface area contributed by atoms with Crippen LogP contribution in [0.15, 0.2) is 36.4 Å². The first-order valence-electron chi connectivity index (χ1n) is 6.63. The summed E-state index contributed by atoms with van der Waals surface area (Å²) in [5.74, 6) is 0.874. The minimum atomic E-state index is 0.874. The fraction of sp³-hybridized carbons (Fsp3) is 0.429. The van der Waals surface area contributed by atoms with Gasteiger partial charge in [0.2, 0.25) is 0 Å². The largest absolute Gasteiger partial charge is 0.367 e. The lowest BCUT2D eigenvalue weighted by atomic mass is 9.97. The first-order valence-corrected chi connectivity index (χ1v) is 6.63. The molecule has 1 aliphatic carbocycles. The Hall–Kier alpha value is -1.84. The molecule has 0 radical (unpaired) electrons. The minimum Gasteiger partial charge on any atom is -0.367 e. The van der Waals surface area contributed by atoms with E-state index >= 15 is 0 Å². The Kier molecular flexibility index (Phi) is 3.26. The van der Waals surface area contributed by atoms with Crippen molar-refractivity contribution in [3.63, 3.8) is 0 Å². The lowest BCUT2D eigenvalue weighted by Crippen LogP contribution is -2.07. The van der Waals surface area contributed by atoms with E-state index in [0.29, 0.717) is 0 Å². The van der Waals surface area contributed by atoms with Crippen molar-refractivity contribution in [3.8, 4) is 0 Å². The van der Waals surface area contributed by atoms with Crippen molar-refractivity contribution in [1.29, 1.82) is 0 Å². The van der Waals surface area contributed by atoms with Gasteiger partial charge >= 0.3 is 0 Å². The molecule has 94 valence electrons. The van der Waals surface area contributed by atoms with Crippen molar-refractivity contribution >= 4 is 11.5 Å². The van der Waals surface area contributed by atoms with Gasteiger partial charge in [-0.2, -0.15) is 0 Å². The van der Waals surface area contributed by atoms with Crippen LogP contribution in [-0.4, -0.2) is 20.9 Å². The third-order valence-electron chi connectivity index (χ3n) is 3.43. The molecule has 4 heteroatoms.